The van der Waals surface area contributed by atoms with Crippen LogP contribution in [0.1, 0.15) is 5.56 Å². The fourth-order valence-corrected chi connectivity index (χ4v) is 2.96. The third-order valence-corrected chi connectivity index (χ3v) is 4.26. The van der Waals surface area contributed by atoms with Gasteiger partial charge in [-0.05, 0) is 0 Å². The van der Waals surface area contributed by atoms with E-state index in [1.807, 2.05) is 0 Å². The summed E-state index contributed by atoms with van der Waals surface area (Å²) in [5.41, 5.74) is -0.206. The number of ether oxygens (including phenoxy) is 2. The van der Waals surface area contributed by atoms with Gasteiger partial charge in [0.05, 0.1) is 26.5 Å². The highest BCUT2D eigenvalue weighted by atomic mass is 32.2. The number of nitrogens with zero attached hydrogens (tertiary/aromatic N) is 5. The van der Waals surface area contributed by atoms with Gasteiger partial charge in [0, 0.05) is 7.05 Å². The molecule has 0 aliphatic carbocycles. The van der Waals surface area contributed by atoms with Crippen molar-refractivity contribution < 1.29 is 22.7 Å². The molecule has 0 atom stereocenters. The molecule has 0 spiro atoms. The molecule has 0 aliphatic rings. The lowest BCUT2D eigenvalue weighted by Gasteiger charge is -2.09. The Balaban J connectivity index is 2.23. The third-order valence-electron chi connectivity index (χ3n) is 2.81. The average molecular weight is 367 g/mol. The van der Waals surface area contributed by atoms with Gasteiger partial charge in [0.2, 0.25) is 17.7 Å². The average Bonchev–Trinajstić information content (AvgIpc) is 2.95. The number of hydrogen-bond donors (Lipinski definition) is 2. The zero-order valence-electron chi connectivity index (χ0n) is 13.3. The van der Waals surface area contributed by atoms with Gasteiger partial charge in [-0.2, -0.15) is 28.7 Å². The molecule has 2 amide bonds. The van der Waals surface area contributed by atoms with E-state index in [0.717, 1.165) is 10.9 Å². The van der Waals surface area contributed by atoms with Gasteiger partial charge in [-0.25, -0.2) is 9.52 Å². The Labute approximate surface area is 142 Å². The molecule has 0 bridgehead atoms. The molecule has 25 heavy (non-hydrogen) atoms. The highest BCUT2D eigenvalue weighted by Gasteiger charge is 2.26. The SMILES string of the molecule is COc1cc(OC)nc(NC(=O)NS(=O)(=O)c2c(C#N)cnn2C)n1. The smallest absolute Gasteiger partial charge is 0.335 e. The maximum atomic E-state index is 12.3. The van der Waals surface area contributed by atoms with Crippen molar-refractivity contribution in [1.82, 2.24) is 24.5 Å². The van der Waals surface area contributed by atoms with E-state index in [1.54, 1.807) is 10.8 Å². The van der Waals surface area contributed by atoms with Gasteiger partial charge < -0.3 is 9.47 Å². The topological polar surface area (TPSA) is 161 Å². The molecule has 0 radical (unpaired) electrons. The van der Waals surface area contributed by atoms with Crippen molar-refractivity contribution in [1.29, 1.82) is 5.26 Å². The minimum atomic E-state index is -4.34. The molecule has 2 N–H and O–H groups in total. The Hall–Kier alpha value is -3.40. The summed E-state index contributed by atoms with van der Waals surface area (Å²) in [6.45, 7) is 0. The molecule has 2 heterocycles. The summed E-state index contributed by atoms with van der Waals surface area (Å²) in [7, 11) is -0.322. The van der Waals surface area contributed by atoms with Crippen LogP contribution in [0.2, 0.25) is 0 Å². The van der Waals surface area contributed by atoms with E-state index in [-0.39, 0.29) is 23.3 Å². The van der Waals surface area contributed by atoms with Crippen molar-refractivity contribution in [3.63, 3.8) is 0 Å². The maximum absolute atomic E-state index is 12.3. The summed E-state index contributed by atoms with van der Waals surface area (Å²) in [4.78, 5) is 19.6. The summed E-state index contributed by atoms with van der Waals surface area (Å²) in [6.07, 6.45) is 1.07. The van der Waals surface area contributed by atoms with Crippen LogP contribution >= 0.6 is 0 Å². The van der Waals surface area contributed by atoms with E-state index < -0.39 is 21.1 Å². The van der Waals surface area contributed by atoms with E-state index in [9.17, 15) is 13.2 Å². The largest absolute Gasteiger partial charge is 0.481 e. The number of anilines is 1. The van der Waals surface area contributed by atoms with E-state index in [4.69, 9.17) is 14.7 Å². The number of carbonyl (C=O) groups excluding carboxylic acids is 1. The predicted octanol–water partition coefficient (Wildman–Crippen LogP) is -0.391. The second-order valence-electron chi connectivity index (χ2n) is 4.43. The summed E-state index contributed by atoms with van der Waals surface area (Å²) in [5, 5.41) is 14.3. The Morgan fingerprint density at radius 2 is 1.88 bits per heavy atom. The van der Waals surface area contributed by atoms with Gasteiger partial charge >= 0.3 is 6.03 Å². The summed E-state index contributed by atoms with van der Waals surface area (Å²) >= 11 is 0. The first-order chi connectivity index (χ1) is 11.8. The molecular formula is C12H13N7O5S. The van der Waals surface area contributed by atoms with Crippen LogP contribution in [0, 0.1) is 11.3 Å². The van der Waals surface area contributed by atoms with E-state index in [2.05, 4.69) is 20.4 Å². The molecule has 2 aromatic rings. The molecule has 0 saturated heterocycles. The second-order valence-corrected chi connectivity index (χ2v) is 6.03. The molecule has 2 aromatic heterocycles. The van der Waals surface area contributed by atoms with E-state index >= 15 is 0 Å². The zero-order valence-corrected chi connectivity index (χ0v) is 14.2. The van der Waals surface area contributed by atoms with Crippen molar-refractivity contribution in [3.8, 4) is 17.8 Å². The molecule has 12 nitrogen and oxygen atoms in total. The minimum Gasteiger partial charge on any atom is -0.481 e. The number of urea groups is 1. The van der Waals surface area contributed by atoms with Crippen molar-refractivity contribution in [2.75, 3.05) is 19.5 Å². The van der Waals surface area contributed by atoms with Gasteiger partial charge in [-0.1, -0.05) is 0 Å². The summed E-state index contributed by atoms with van der Waals surface area (Å²) in [5.74, 6) is -0.0405. The van der Waals surface area contributed by atoms with Crippen LogP contribution in [0.4, 0.5) is 10.7 Å². The lowest BCUT2D eigenvalue weighted by Crippen LogP contribution is -2.36. The molecule has 0 fully saturated rings. The van der Waals surface area contributed by atoms with Crippen molar-refractivity contribution >= 4 is 22.0 Å². The first kappa shape index (κ1) is 17.9. The molecule has 0 unspecified atom stereocenters. The molecule has 0 aliphatic heterocycles. The van der Waals surface area contributed by atoms with Crippen molar-refractivity contribution in [2.24, 2.45) is 7.05 Å². The third kappa shape index (κ3) is 3.93. The lowest BCUT2D eigenvalue weighted by atomic mass is 10.4. The number of sulfonamides is 1. The number of carbonyl (C=O) groups is 1. The van der Waals surface area contributed by atoms with E-state index in [1.165, 1.54) is 27.3 Å². The fourth-order valence-electron chi connectivity index (χ4n) is 1.79. The van der Waals surface area contributed by atoms with Crippen LogP contribution in [0.3, 0.4) is 0 Å². The predicted molar refractivity (Wildman–Crippen MR) is 82.4 cm³/mol. The minimum absolute atomic E-state index is 0.100. The van der Waals surface area contributed by atoms with Crippen LogP contribution in [0.5, 0.6) is 11.8 Å². The molecule has 13 heteroatoms. The standard InChI is InChI=1S/C12H13N7O5S/c1-19-10(7(5-13)6-14-19)25(21,22)18-12(20)17-11-15-8(23-2)4-9(16-11)24-3/h4,6H,1-3H3,(H2,15,16,17,18,20). The number of nitriles is 1. The van der Waals surface area contributed by atoms with Crippen LogP contribution in [0.25, 0.3) is 0 Å². The number of methoxy groups -OCH3 is 2. The second kappa shape index (κ2) is 7.01. The number of amides is 2. The van der Waals surface area contributed by atoms with Gasteiger partial charge in [0.15, 0.2) is 5.03 Å². The van der Waals surface area contributed by atoms with Gasteiger partial charge in [0.1, 0.15) is 11.6 Å². The van der Waals surface area contributed by atoms with Crippen LogP contribution in [0.15, 0.2) is 17.3 Å². The fraction of sp³-hybridized carbons (Fsp3) is 0.250. The highest BCUT2D eigenvalue weighted by molar-refractivity contribution is 7.90. The number of aromatic nitrogens is 4. The van der Waals surface area contributed by atoms with Crippen molar-refractivity contribution in [2.45, 2.75) is 5.03 Å². The monoisotopic (exact) mass is 367 g/mol. The number of aryl methyl sites for hydroxylation is 1. The first-order valence-corrected chi connectivity index (χ1v) is 8.02. The number of nitrogens with one attached hydrogen (secondary N) is 2. The van der Waals surface area contributed by atoms with Crippen LogP contribution in [-0.2, 0) is 17.1 Å². The Kier molecular flexibility index (Phi) is 5.03. The molecule has 0 saturated carbocycles. The summed E-state index contributed by atoms with van der Waals surface area (Å²) in [6, 6.07) is 1.91. The molecule has 132 valence electrons. The van der Waals surface area contributed by atoms with Crippen LogP contribution in [-0.4, -0.2) is 48.4 Å². The quantitative estimate of drug-likeness (QED) is 0.716. The van der Waals surface area contributed by atoms with Crippen molar-refractivity contribution in [3.05, 3.63) is 17.8 Å². The normalized spacial score (nSPS) is 10.6. The highest BCUT2D eigenvalue weighted by Crippen LogP contribution is 2.17. The van der Waals surface area contributed by atoms with Gasteiger partial charge in [-0.3, -0.25) is 10.00 Å². The number of hydrogen-bond acceptors (Lipinski definition) is 9. The Morgan fingerprint density at radius 3 is 2.40 bits per heavy atom. The zero-order chi connectivity index (χ0) is 18.6. The van der Waals surface area contributed by atoms with E-state index in [0.29, 0.717) is 0 Å². The van der Waals surface area contributed by atoms with Gasteiger partial charge in [-0.15, -0.1) is 0 Å². The lowest BCUT2D eigenvalue weighted by molar-refractivity contribution is 0.256. The maximum Gasteiger partial charge on any atom is 0.335 e. The molecular weight excluding hydrogens is 354 g/mol. The van der Waals surface area contributed by atoms with Gasteiger partial charge in [0.25, 0.3) is 10.0 Å². The van der Waals surface area contributed by atoms with Crippen LogP contribution < -0.4 is 19.5 Å². The first-order valence-electron chi connectivity index (χ1n) is 6.53. The number of rotatable bonds is 5. The molecule has 0 aromatic carbocycles. The Bertz CT molecular complexity index is 925. The Morgan fingerprint density at radius 1 is 1.28 bits per heavy atom. The summed E-state index contributed by atoms with van der Waals surface area (Å²) < 4.78 is 37.1. The molecule has 2 rings (SSSR count).